The molecule has 0 saturated carbocycles. The summed E-state index contributed by atoms with van der Waals surface area (Å²) in [6, 6.07) is -0.177. The molecule has 3 amide bonds. The first-order valence-electron chi connectivity index (χ1n) is 9.58. The molecule has 1 atom stereocenters. The summed E-state index contributed by atoms with van der Waals surface area (Å²) in [7, 11) is -5.04. The molecule has 1 fully saturated rings. The van der Waals surface area contributed by atoms with Crippen molar-refractivity contribution in [2.75, 3.05) is 23.1 Å². The van der Waals surface area contributed by atoms with Crippen LogP contribution in [0.5, 0.6) is 0 Å². The van der Waals surface area contributed by atoms with Crippen LogP contribution in [0.15, 0.2) is 24.5 Å². The van der Waals surface area contributed by atoms with Crippen LogP contribution in [0.3, 0.4) is 0 Å². The first-order valence-corrected chi connectivity index (χ1v) is 11.7. The molecule has 0 spiro atoms. The third-order valence-corrected chi connectivity index (χ3v) is 5.93. The van der Waals surface area contributed by atoms with E-state index in [0.717, 1.165) is 23.6 Å². The molecule has 34 heavy (non-hydrogen) atoms. The lowest BCUT2D eigenvalue weighted by molar-refractivity contribution is -0.0195. The fourth-order valence-corrected chi connectivity index (χ4v) is 4.57. The molecule has 2 N–H and O–H groups in total. The summed E-state index contributed by atoms with van der Waals surface area (Å²) in [5.74, 6) is -0.503. The summed E-state index contributed by atoms with van der Waals surface area (Å²) in [6.07, 6.45) is 4.70. The number of urea groups is 1. The van der Waals surface area contributed by atoms with E-state index in [1.165, 1.54) is 40.9 Å². The number of rotatable bonds is 9. The largest absolute Gasteiger partial charge is 0.724 e. The van der Waals surface area contributed by atoms with Gasteiger partial charge in [0.05, 0.1) is 18.4 Å². The Labute approximate surface area is 197 Å². The molecule has 4 heterocycles. The Morgan fingerprint density at radius 3 is 2.97 bits per heavy atom. The number of nitrogens with one attached hydrogen (secondary N) is 1. The first kappa shape index (κ1) is 23.9. The molecule has 2 aromatic heterocycles. The molecule has 2 aliphatic heterocycles. The van der Waals surface area contributed by atoms with Gasteiger partial charge in [-0.15, -0.1) is 0 Å². The molecular weight excluding hydrogens is 492 g/mol. The van der Waals surface area contributed by atoms with E-state index >= 15 is 0 Å². The van der Waals surface area contributed by atoms with Gasteiger partial charge in [0.1, 0.15) is 22.9 Å². The fourth-order valence-electron chi connectivity index (χ4n) is 3.37. The molecule has 4 rings (SSSR count). The molecule has 177 valence electrons. The summed E-state index contributed by atoms with van der Waals surface area (Å²) in [5.41, 5.74) is 0.449. The number of thiazole rings is 1. The average Bonchev–Trinajstić information content (AvgIpc) is 3.47. The minimum Gasteiger partial charge on any atom is -0.724 e. The van der Waals surface area contributed by atoms with Gasteiger partial charge in [-0.2, -0.15) is 14.4 Å². The maximum absolute atomic E-state index is 12.9. The molecule has 19 heteroatoms. The molecule has 2 aromatic rings. The number of hydroxylamine groups is 2. The van der Waals surface area contributed by atoms with Gasteiger partial charge in [-0.3, -0.25) is 4.79 Å². The lowest BCUT2D eigenvalue weighted by Gasteiger charge is -2.22. The summed E-state index contributed by atoms with van der Waals surface area (Å²) in [5, 5.41) is 17.1. The van der Waals surface area contributed by atoms with Crippen LogP contribution in [0.1, 0.15) is 9.67 Å². The molecule has 0 aliphatic carbocycles. The normalized spacial score (nSPS) is 17.4. The third kappa shape index (κ3) is 4.97. The van der Waals surface area contributed by atoms with Crippen LogP contribution >= 0.6 is 11.3 Å². The molecule has 1 unspecified atom stereocenters. The Kier molecular flexibility index (Phi) is 6.45. The van der Waals surface area contributed by atoms with Crippen molar-refractivity contribution in [2.45, 2.75) is 12.9 Å². The van der Waals surface area contributed by atoms with E-state index in [2.05, 4.69) is 19.6 Å². The second-order valence-corrected chi connectivity index (χ2v) is 9.12. The number of carbonyl (C=O) groups excluding carboxylic acids is 3. The molecule has 2 aliphatic rings. The summed E-state index contributed by atoms with van der Waals surface area (Å²) in [6.45, 7) is 1.64. The quantitative estimate of drug-likeness (QED) is 0.177. The predicted molar refractivity (Wildman–Crippen MR) is 119 cm³/mol. The van der Waals surface area contributed by atoms with Gasteiger partial charge in [0.15, 0.2) is 5.13 Å². The van der Waals surface area contributed by atoms with Crippen molar-refractivity contribution in [3.63, 3.8) is 0 Å². The molecular formula is C15H15B2N7O8S2-. The van der Waals surface area contributed by atoms with E-state index in [-0.39, 0.29) is 23.8 Å². The van der Waals surface area contributed by atoms with Gasteiger partial charge in [0.25, 0.3) is 5.91 Å². The van der Waals surface area contributed by atoms with Crippen molar-refractivity contribution in [2.24, 2.45) is 0 Å². The zero-order valence-corrected chi connectivity index (χ0v) is 19.0. The van der Waals surface area contributed by atoms with Gasteiger partial charge in [-0.05, 0) is 12.9 Å². The SMILES string of the molecule is CB(O)Nc1ncc(C(=O)N([B]C=O)c2ccn(C3=CC4CN(C3)C(=O)N4OS(=O)(=O)[O-])n2)s1. The van der Waals surface area contributed by atoms with Crippen LogP contribution in [0, 0.1) is 0 Å². The molecule has 1 saturated heterocycles. The first-order chi connectivity index (χ1) is 16.1. The van der Waals surface area contributed by atoms with Gasteiger partial charge in [0.2, 0.25) is 10.4 Å². The number of aromatic nitrogens is 3. The van der Waals surface area contributed by atoms with Crippen molar-refractivity contribution < 1.29 is 36.7 Å². The van der Waals surface area contributed by atoms with Crippen molar-refractivity contribution in [1.82, 2.24) is 24.7 Å². The molecule has 2 bridgehead atoms. The Morgan fingerprint density at radius 2 is 2.29 bits per heavy atom. The van der Waals surface area contributed by atoms with Crippen molar-refractivity contribution in [1.29, 1.82) is 0 Å². The van der Waals surface area contributed by atoms with E-state index in [1.54, 1.807) is 0 Å². The summed E-state index contributed by atoms with van der Waals surface area (Å²) >= 11 is 0.973. The van der Waals surface area contributed by atoms with Gasteiger partial charge < -0.3 is 29.3 Å². The summed E-state index contributed by atoms with van der Waals surface area (Å²) < 4.78 is 38.4. The second-order valence-electron chi connectivity index (χ2n) is 7.13. The lowest BCUT2D eigenvalue weighted by atomic mass is 9.90. The number of carbonyl (C=O) groups is 3. The zero-order chi connectivity index (χ0) is 24.6. The standard InChI is InChI=1S/C15H16B2N7O8S2/c1-17(28)19-14-18-5-11(33-14)13(26)23(16-8-25)12-2-3-22(20-12)9-4-10-7-21(6-9)15(27)24(10)32-34(29,30)31/h2-5,8,10,28H,6-7H2,1H3,(H,18,19)(H,29,30,31)/p-1. The number of hydrogen-bond acceptors (Lipinski definition) is 12. The zero-order valence-electron chi connectivity index (χ0n) is 17.3. The highest BCUT2D eigenvalue weighted by Crippen LogP contribution is 2.28. The van der Waals surface area contributed by atoms with E-state index < -0.39 is 35.4 Å². The van der Waals surface area contributed by atoms with Crippen LogP contribution in [-0.4, -0.2) is 94.4 Å². The Balaban J connectivity index is 1.56. The number of anilines is 2. The van der Waals surface area contributed by atoms with Crippen LogP contribution < -0.4 is 10.0 Å². The minimum absolute atomic E-state index is 0.0315. The minimum atomic E-state index is -5.14. The van der Waals surface area contributed by atoms with Crippen LogP contribution in [0.4, 0.5) is 15.7 Å². The van der Waals surface area contributed by atoms with Crippen LogP contribution in [-0.2, 0) is 19.5 Å². The number of hydrogen-bond donors (Lipinski definition) is 2. The van der Waals surface area contributed by atoms with E-state index in [9.17, 15) is 32.4 Å². The average molecular weight is 507 g/mol. The van der Waals surface area contributed by atoms with Gasteiger partial charge in [-0.1, -0.05) is 11.3 Å². The van der Waals surface area contributed by atoms with Gasteiger partial charge in [-0.25, -0.2) is 22.9 Å². The maximum Gasteiger partial charge on any atom is 0.408 e. The van der Waals surface area contributed by atoms with Crippen molar-refractivity contribution in [3.05, 3.63) is 29.4 Å². The maximum atomic E-state index is 12.9. The fraction of sp³-hybridized carbons (Fsp3) is 0.267. The monoisotopic (exact) mass is 507 g/mol. The van der Waals surface area contributed by atoms with Crippen molar-refractivity contribution in [3.8, 4) is 0 Å². The lowest BCUT2D eigenvalue weighted by Crippen LogP contribution is -2.35. The van der Waals surface area contributed by atoms with E-state index in [4.69, 9.17) is 0 Å². The van der Waals surface area contributed by atoms with Crippen LogP contribution in [0.25, 0.3) is 5.70 Å². The third-order valence-electron chi connectivity index (χ3n) is 4.67. The van der Waals surface area contributed by atoms with Gasteiger partial charge >= 0.3 is 20.5 Å². The Hall–Kier alpha value is -3.25. The molecule has 1 radical (unpaired) electrons. The second kappa shape index (κ2) is 9.18. The molecule has 0 aromatic carbocycles. The van der Waals surface area contributed by atoms with Crippen LogP contribution in [0.2, 0.25) is 6.82 Å². The summed E-state index contributed by atoms with van der Waals surface area (Å²) in [4.78, 5) is 42.9. The van der Waals surface area contributed by atoms with E-state index in [1.807, 2.05) is 0 Å². The topological polar surface area (TPSA) is 190 Å². The highest BCUT2D eigenvalue weighted by Gasteiger charge is 2.42. The van der Waals surface area contributed by atoms with Crippen molar-refractivity contribution >= 4 is 71.0 Å². The highest BCUT2D eigenvalue weighted by atomic mass is 32.3. The number of nitrogens with zero attached hydrogens (tertiary/aromatic N) is 6. The predicted octanol–water partition coefficient (Wildman–Crippen LogP) is -1.33. The van der Waals surface area contributed by atoms with Gasteiger partial charge in [0, 0.05) is 18.8 Å². The Bertz CT molecular complexity index is 1260. The Morgan fingerprint density at radius 1 is 1.53 bits per heavy atom. The highest BCUT2D eigenvalue weighted by molar-refractivity contribution is 7.80. The number of amides is 3. The molecule has 15 nitrogen and oxygen atoms in total. The van der Waals surface area contributed by atoms with E-state index in [0.29, 0.717) is 22.1 Å². The number of fused-ring (bicyclic) bond motifs is 2. The smallest absolute Gasteiger partial charge is 0.408 e.